The Kier molecular flexibility index (Phi) is 5.40. The second-order valence-corrected chi connectivity index (χ2v) is 8.29. The highest BCUT2D eigenvalue weighted by atomic mass is 35.5. The number of nitrogens with one attached hydrogen (secondary N) is 1. The molecule has 2 heterocycles. The van der Waals surface area contributed by atoms with Crippen LogP contribution in [0.15, 0.2) is 77.6 Å². The van der Waals surface area contributed by atoms with Crippen LogP contribution in [-0.4, -0.2) is 25.1 Å². The minimum absolute atomic E-state index is 0.0505. The highest BCUT2D eigenvalue weighted by Gasteiger charge is 2.19. The molecule has 2 aromatic heterocycles. The van der Waals surface area contributed by atoms with Crippen molar-refractivity contribution in [3.05, 3.63) is 111 Å². The summed E-state index contributed by atoms with van der Waals surface area (Å²) in [7, 11) is 0. The van der Waals surface area contributed by atoms with Gasteiger partial charge < -0.3 is 5.32 Å². The highest BCUT2D eigenvalue weighted by molar-refractivity contribution is 6.30. The van der Waals surface area contributed by atoms with Crippen molar-refractivity contribution in [2.24, 2.45) is 0 Å². The van der Waals surface area contributed by atoms with Gasteiger partial charge in [-0.05, 0) is 47.9 Å². The molecular weight excluding hydrogens is 438 g/mol. The van der Waals surface area contributed by atoms with E-state index in [9.17, 15) is 9.59 Å². The van der Waals surface area contributed by atoms with E-state index in [1.807, 2.05) is 73.7 Å². The van der Waals surface area contributed by atoms with Crippen LogP contribution >= 0.6 is 11.6 Å². The van der Waals surface area contributed by atoms with Crippen molar-refractivity contribution in [1.29, 1.82) is 0 Å². The lowest BCUT2D eigenvalue weighted by Gasteiger charge is -2.12. The van der Waals surface area contributed by atoms with Gasteiger partial charge in [-0.1, -0.05) is 60.1 Å². The van der Waals surface area contributed by atoms with Crippen LogP contribution in [0.4, 0.5) is 0 Å². The molecular formula is C25H20ClN5O2. The van der Waals surface area contributed by atoms with Crippen molar-refractivity contribution < 1.29 is 4.79 Å². The van der Waals surface area contributed by atoms with Gasteiger partial charge in [-0.15, -0.1) is 5.10 Å². The van der Waals surface area contributed by atoms with Crippen LogP contribution in [0.1, 0.15) is 27.3 Å². The van der Waals surface area contributed by atoms with Crippen molar-refractivity contribution in [1.82, 2.24) is 24.5 Å². The zero-order valence-electron chi connectivity index (χ0n) is 17.8. The third-order valence-electron chi connectivity index (χ3n) is 5.42. The fourth-order valence-electron chi connectivity index (χ4n) is 3.81. The molecule has 0 spiro atoms. The molecule has 0 radical (unpaired) electrons. The maximum atomic E-state index is 13.4. The molecule has 7 nitrogen and oxygen atoms in total. The van der Waals surface area contributed by atoms with Crippen LogP contribution in [0.3, 0.4) is 0 Å². The van der Waals surface area contributed by atoms with Crippen molar-refractivity contribution in [2.75, 3.05) is 0 Å². The Morgan fingerprint density at radius 1 is 0.970 bits per heavy atom. The number of halogens is 1. The Hall–Kier alpha value is -3.97. The van der Waals surface area contributed by atoms with Gasteiger partial charge in [-0.2, -0.15) is 4.98 Å². The normalized spacial score (nSPS) is 11.2. The van der Waals surface area contributed by atoms with E-state index in [0.717, 1.165) is 16.7 Å². The maximum Gasteiger partial charge on any atom is 0.296 e. The third kappa shape index (κ3) is 4.10. The van der Waals surface area contributed by atoms with Gasteiger partial charge in [0.1, 0.15) is 0 Å². The van der Waals surface area contributed by atoms with Crippen molar-refractivity contribution in [3.8, 4) is 0 Å². The van der Waals surface area contributed by atoms with Crippen molar-refractivity contribution in [2.45, 2.75) is 20.0 Å². The molecule has 0 aliphatic heterocycles. The summed E-state index contributed by atoms with van der Waals surface area (Å²) in [6.45, 7) is 2.62. The number of benzene rings is 3. The summed E-state index contributed by atoms with van der Waals surface area (Å²) >= 11 is 6.14. The number of nitrogens with zero attached hydrogens (tertiary/aromatic N) is 4. The molecule has 5 rings (SSSR count). The van der Waals surface area contributed by atoms with E-state index in [4.69, 9.17) is 11.6 Å². The molecule has 1 amide bonds. The fraction of sp³-hybridized carbons (Fsp3) is 0.120. The fourth-order valence-corrected chi connectivity index (χ4v) is 4.02. The van der Waals surface area contributed by atoms with Gasteiger partial charge in [0.05, 0.1) is 17.6 Å². The van der Waals surface area contributed by atoms with E-state index in [-0.39, 0.29) is 17.0 Å². The lowest BCUT2D eigenvalue weighted by atomic mass is 10.2. The van der Waals surface area contributed by atoms with E-state index in [1.165, 1.54) is 4.52 Å². The van der Waals surface area contributed by atoms with Gasteiger partial charge in [0.15, 0.2) is 0 Å². The lowest BCUT2D eigenvalue weighted by Crippen LogP contribution is -2.24. The van der Waals surface area contributed by atoms with E-state index < -0.39 is 5.91 Å². The van der Waals surface area contributed by atoms with Gasteiger partial charge in [-0.25, -0.2) is 4.52 Å². The maximum absolute atomic E-state index is 13.4. The summed E-state index contributed by atoms with van der Waals surface area (Å²) in [5, 5.41) is 7.78. The molecule has 0 bridgehead atoms. The molecule has 0 atom stereocenters. The average molecular weight is 458 g/mol. The largest absolute Gasteiger partial charge is 0.345 e. The topological polar surface area (TPSA) is 81.3 Å². The Bertz CT molecular complexity index is 1560. The van der Waals surface area contributed by atoms with E-state index in [2.05, 4.69) is 15.4 Å². The first-order valence-electron chi connectivity index (χ1n) is 10.5. The van der Waals surface area contributed by atoms with Crippen LogP contribution < -0.4 is 10.9 Å². The van der Waals surface area contributed by atoms with Crippen LogP contribution in [0.5, 0.6) is 0 Å². The SMILES string of the molecule is Cc1ccc2c(c1)n(Cc1cccc(Cl)c1)c(=O)c1nc(C(=O)NCc3ccccc3)nn12. The monoisotopic (exact) mass is 457 g/mol. The molecule has 3 aromatic carbocycles. The summed E-state index contributed by atoms with van der Waals surface area (Å²) in [4.78, 5) is 30.5. The predicted molar refractivity (Wildman–Crippen MR) is 128 cm³/mol. The van der Waals surface area contributed by atoms with Gasteiger partial charge in [0, 0.05) is 11.6 Å². The minimum atomic E-state index is -0.441. The second-order valence-electron chi connectivity index (χ2n) is 7.85. The first-order chi connectivity index (χ1) is 16.0. The van der Waals surface area contributed by atoms with E-state index in [1.54, 1.807) is 10.6 Å². The third-order valence-corrected chi connectivity index (χ3v) is 5.66. The Labute approximate surface area is 194 Å². The standard InChI is InChI=1S/C25H20ClN5O2/c1-16-10-11-20-21(12-16)30(15-18-8-5-9-19(26)13-18)25(33)23-28-22(29-31(20)23)24(32)27-14-17-6-3-2-4-7-17/h2-13H,14-15H2,1H3,(H,27,32). The lowest BCUT2D eigenvalue weighted by molar-refractivity contribution is 0.0941. The Morgan fingerprint density at radius 3 is 2.55 bits per heavy atom. The molecule has 0 saturated heterocycles. The minimum Gasteiger partial charge on any atom is -0.345 e. The molecule has 0 fully saturated rings. The molecule has 33 heavy (non-hydrogen) atoms. The van der Waals surface area contributed by atoms with Crippen molar-refractivity contribution in [3.63, 3.8) is 0 Å². The second kappa shape index (κ2) is 8.52. The number of carbonyl (C=O) groups excluding carboxylic acids is 1. The summed E-state index contributed by atoms with van der Waals surface area (Å²) < 4.78 is 3.09. The van der Waals surface area contributed by atoms with Crippen LogP contribution in [-0.2, 0) is 13.1 Å². The zero-order valence-corrected chi connectivity index (χ0v) is 18.6. The van der Waals surface area contributed by atoms with Crippen LogP contribution in [0, 0.1) is 6.92 Å². The van der Waals surface area contributed by atoms with Crippen LogP contribution in [0.25, 0.3) is 16.7 Å². The van der Waals surface area contributed by atoms with Gasteiger partial charge >= 0.3 is 0 Å². The molecule has 0 aliphatic rings. The zero-order chi connectivity index (χ0) is 22.9. The molecule has 164 valence electrons. The number of fused-ring (bicyclic) bond motifs is 3. The molecule has 8 heteroatoms. The summed E-state index contributed by atoms with van der Waals surface area (Å²) in [5.41, 5.74) is 4.00. The number of aryl methyl sites for hydroxylation is 1. The molecule has 0 saturated carbocycles. The quantitative estimate of drug-likeness (QED) is 0.432. The van der Waals surface area contributed by atoms with Crippen LogP contribution in [0.2, 0.25) is 5.02 Å². The number of carbonyl (C=O) groups is 1. The van der Waals surface area contributed by atoms with Gasteiger partial charge in [-0.3, -0.25) is 14.2 Å². The number of hydrogen-bond acceptors (Lipinski definition) is 4. The van der Waals surface area contributed by atoms with E-state index >= 15 is 0 Å². The number of hydrogen-bond donors (Lipinski definition) is 1. The Balaban J connectivity index is 1.59. The number of rotatable bonds is 5. The first kappa shape index (κ1) is 20.9. The van der Waals surface area contributed by atoms with Gasteiger partial charge in [0.25, 0.3) is 11.5 Å². The molecule has 5 aromatic rings. The highest BCUT2D eigenvalue weighted by Crippen LogP contribution is 2.18. The summed E-state index contributed by atoms with van der Waals surface area (Å²) in [6.07, 6.45) is 0. The number of aromatic nitrogens is 4. The molecule has 1 N–H and O–H groups in total. The molecule has 0 unspecified atom stereocenters. The Morgan fingerprint density at radius 2 is 1.76 bits per heavy atom. The van der Waals surface area contributed by atoms with Gasteiger partial charge in [0.2, 0.25) is 11.5 Å². The summed E-state index contributed by atoms with van der Waals surface area (Å²) in [6, 6.07) is 22.7. The average Bonchev–Trinajstić information content (AvgIpc) is 3.27. The predicted octanol–water partition coefficient (Wildman–Crippen LogP) is 3.98. The molecule has 0 aliphatic carbocycles. The summed E-state index contributed by atoms with van der Waals surface area (Å²) in [5.74, 6) is -0.492. The van der Waals surface area contributed by atoms with Crippen molar-refractivity contribution >= 4 is 34.2 Å². The number of amides is 1. The smallest absolute Gasteiger partial charge is 0.296 e. The van der Waals surface area contributed by atoms with E-state index in [0.29, 0.717) is 29.1 Å². The first-order valence-corrected chi connectivity index (χ1v) is 10.8.